The van der Waals surface area contributed by atoms with Crippen LogP contribution in [-0.4, -0.2) is 68.3 Å². The first kappa shape index (κ1) is 17.4. The van der Waals surface area contributed by atoms with E-state index in [0.717, 1.165) is 36.5 Å². The van der Waals surface area contributed by atoms with Crippen molar-refractivity contribution in [2.24, 2.45) is 5.92 Å². The van der Waals surface area contributed by atoms with E-state index in [1.54, 1.807) is 17.0 Å². The Morgan fingerprint density at radius 3 is 3.04 bits per heavy atom. The zero-order valence-corrected chi connectivity index (χ0v) is 15.7. The van der Waals surface area contributed by atoms with Gasteiger partial charge in [-0.2, -0.15) is 14.6 Å². The van der Waals surface area contributed by atoms with Crippen LogP contribution in [0.3, 0.4) is 0 Å². The topological polar surface area (TPSA) is 96.3 Å². The van der Waals surface area contributed by atoms with Crippen LogP contribution < -0.4 is 10.2 Å². The predicted octanol–water partition coefficient (Wildman–Crippen LogP) is 1.90. The third-order valence-electron chi connectivity index (χ3n) is 5.48. The first-order valence-electron chi connectivity index (χ1n) is 9.67. The van der Waals surface area contributed by atoms with Crippen molar-refractivity contribution < 1.29 is 9.13 Å². The van der Waals surface area contributed by atoms with Crippen LogP contribution in [0.2, 0.25) is 0 Å². The summed E-state index contributed by atoms with van der Waals surface area (Å²) in [5.41, 5.74) is 3.38. The third kappa shape index (κ3) is 3.07. The molecule has 2 aliphatic heterocycles. The third-order valence-corrected chi connectivity index (χ3v) is 5.48. The molecular weight excluding hydrogens is 363 g/mol. The molecule has 2 N–H and O–H groups in total. The molecule has 0 bridgehead atoms. The molecule has 0 aliphatic carbocycles. The summed E-state index contributed by atoms with van der Waals surface area (Å²) in [6, 6.07) is -0.345. The average Bonchev–Trinajstić information content (AvgIpc) is 3.43. The number of ether oxygens (including phenoxy) is 1. The molecule has 5 rings (SSSR count). The van der Waals surface area contributed by atoms with Crippen molar-refractivity contribution in [3.8, 4) is 11.3 Å². The quantitative estimate of drug-likeness (QED) is 0.707. The number of alkyl halides is 1. The van der Waals surface area contributed by atoms with Crippen molar-refractivity contribution in [2.75, 3.05) is 36.5 Å². The molecule has 0 aromatic carbocycles. The summed E-state index contributed by atoms with van der Waals surface area (Å²) in [6.45, 7) is 4.76. The van der Waals surface area contributed by atoms with Gasteiger partial charge in [0, 0.05) is 31.5 Å². The number of H-pyrrole nitrogens is 1. The van der Waals surface area contributed by atoms with Gasteiger partial charge in [-0.15, -0.1) is 5.10 Å². The molecule has 9 nitrogen and oxygen atoms in total. The summed E-state index contributed by atoms with van der Waals surface area (Å²) >= 11 is 0. The molecule has 3 aromatic heterocycles. The van der Waals surface area contributed by atoms with E-state index in [1.165, 1.54) is 0 Å². The monoisotopic (exact) mass is 386 g/mol. The second-order valence-electron chi connectivity index (χ2n) is 7.60. The van der Waals surface area contributed by atoms with Crippen LogP contribution in [0.25, 0.3) is 16.9 Å². The van der Waals surface area contributed by atoms with Gasteiger partial charge in [-0.05, 0) is 18.8 Å². The van der Waals surface area contributed by atoms with E-state index in [2.05, 4.69) is 37.4 Å². The number of aromatic nitrogens is 6. The molecule has 0 amide bonds. The standard InChI is InChI=1S/C18H23FN8O/c1-11-2-4-26(8-11)16-15(12-6-21-22-7-12)20-10-27-17(16)24-18(25-27)23-14-3-5-28-9-13(14)19/h6-7,10-11,13-14H,2-5,8-9H2,1H3,(H,21,22)(H,23,25)/t11-,13+,14-/m0/s1. The van der Waals surface area contributed by atoms with E-state index >= 15 is 0 Å². The summed E-state index contributed by atoms with van der Waals surface area (Å²) in [7, 11) is 0. The van der Waals surface area contributed by atoms with Gasteiger partial charge in [0.05, 0.1) is 18.8 Å². The number of nitrogens with zero attached hydrogens (tertiary/aromatic N) is 6. The SMILES string of the molecule is C[C@H]1CCN(c2c(-c3cn[nH]c3)ncn3nc(N[C@H]4CCOC[C@H]4F)nc23)C1. The predicted molar refractivity (Wildman–Crippen MR) is 102 cm³/mol. The van der Waals surface area contributed by atoms with Crippen LogP contribution in [0, 0.1) is 5.92 Å². The highest BCUT2D eigenvalue weighted by Crippen LogP contribution is 2.35. The van der Waals surface area contributed by atoms with E-state index in [4.69, 9.17) is 9.72 Å². The summed E-state index contributed by atoms with van der Waals surface area (Å²) in [5.74, 6) is 1.02. The summed E-state index contributed by atoms with van der Waals surface area (Å²) in [6.07, 6.45) is 5.87. The Bertz CT molecular complexity index is 958. The Balaban J connectivity index is 1.56. The van der Waals surface area contributed by atoms with Gasteiger partial charge in [0.25, 0.3) is 0 Å². The van der Waals surface area contributed by atoms with Crippen LogP contribution in [0.4, 0.5) is 16.0 Å². The molecule has 10 heteroatoms. The molecule has 28 heavy (non-hydrogen) atoms. The summed E-state index contributed by atoms with van der Waals surface area (Å²) < 4.78 is 21.0. The van der Waals surface area contributed by atoms with Crippen molar-refractivity contribution in [2.45, 2.75) is 32.0 Å². The molecule has 0 radical (unpaired) electrons. The van der Waals surface area contributed by atoms with Gasteiger partial charge in [-0.1, -0.05) is 6.92 Å². The number of halogens is 1. The highest BCUT2D eigenvalue weighted by atomic mass is 19.1. The molecule has 2 aliphatic rings. The van der Waals surface area contributed by atoms with Gasteiger partial charge in [0.2, 0.25) is 5.95 Å². The number of nitrogens with one attached hydrogen (secondary N) is 2. The first-order chi connectivity index (χ1) is 13.7. The normalized spacial score (nSPS) is 25.5. The fraction of sp³-hybridized carbons (Fsp3) is 0.556. The Morgan fingerprint density at radius 2 is 2.29 bits per heavy atom. The second-order valence-corrected chi connectivity index (χ2v) is 7.60. The van der Waals surface area contributed by atoms with Crippen molar-refractivity contribution in [3.63, 3.8) is 0 Å². The van der Waals surface area contributed by atoms with Gasteiger partial charge in [-0.25, -0.2) is 9.37 Å². The minimum atomic E-state index is -1.07. The fourth-order valence-corrected chi connectivity index (χ4v) is 3.96. The van der Waals surface area contributed by atoms with E-state index in [0.29, 0.717) is 30.5 Å². The first-order valence-corrected chi connectivity index (χ1v) is 9.67. The van der Waals surface area contributed by atoms with E-state index in [1.807, 2.05) is 6.20 Å². The van der Waals surface area contributed by atoms with Crippen LogP contribution in [-0.2, 0) is 4.74 Å². The lowest BCUT2D eigenvalue weighted by molar-refractivity contribution is 0.0284. The minimum absolute atomic E-state index is 0.105. The lowest BCUT2D eigenvalue weighted by atomic mass is 10.1. The number of rotatable bonds is 4. The summed E-state index contributed by atoms with van der Waals surface area (Å²) in [5, 5.41) is 14.5. The minimum Gasteiger partial charge on any atom is -0.378 e. The molecule has 5 heterocycles. The maximum absolute atomic E-state index is 14.1. The van der Waals surface area contributed by atoms with Gasteiger partial charge in [-0.3, -0.25) is 5.10 Å². The highest BCUT2D eigenvalue weighted by Gasteiger charge is 2.29. The fourth-order valence-electron chi connectivity index (χ4n) is 3.96. The average molecular weight is 386 g/mol. The van der Waals surface area contributed by atoms with Crippen LogP contribution in [0.15, 0.2) is 18.7 Å². The van der Waals surface area contributed by atoms with Crippen LogP contribution in [0.5, 0.6) is 0 Å². The summed E-state index contributed by atoms with van der Waals surface area (Å²) in [4.78, 5) is 11.6. The Hall–Kier alpha value is -2.75. The molecule has 148 valence electrons. The lowest BCUT2D eigenvalue weighted by Gasteiger charge is -2.26. The molecule has 0 spiro atoms. The second kappa shape index (κ2) is 7.01. The molecule has 2 fully saturated rings. The maximum atomic E-state index is 14.1. The van der Waals surface area contributed by atoms with Crippen LogP contribution >= 0.6 is 0 Å². The molecular formula is C18H23FN8O. The zero-order chi connectivity index (χ0) is 19.1. The number of aromatic amines is 1. The van der Waals surface area contributed by atoms with Gasteiger partial charge < -0.3 is 15.0 Å². The molecule has 0 saturated carbocycles. The van der Waals surface area contributed by atoms with Crippen molar-refractivity contribution >= 4 is 17.3 Å². The Morgan fingerprint density at radius 1 is 1.36 bits per heavy atom. The zero-order valence-electron chi connectivity index (χ0n) is 15.7. The number of hydrogen-bond acceptors (Lipinski definition) is 7. The van der Waals surface area contributed by atoms with Gasteiger partial charge >= 0.3 is 0 Å². The molecule has 3 aromatic rings. The van der Waals surface area contributed by atoms with Crippen molar-refractivity contribution in [1.82, 2.24) is 29.8 Å². The highest BCUT2D eigenvalue weighted by molar-refractivity contribution is 5.85. The van der Waals surface area contributed by atoms with Gasteiger partial charge in [0.15, 0.2) is 5.65 Å². The largest absolute Gasteiger partial charge is 0.378 e. The number of hydrogen-bond donors (Lipinski definition) is 2. The Labute approximate surface area is 161 Å². The van der Waals surface area contributed by atoms with E-state index in [9.17, 15) is 4.39 Å². The number of anilines is 2. The van der Waals surface area contributed by atoms with E-state index in [-0.39, 0.29) is 12.6 Å². The number of fused-ring (bicyclic) bond motifs is 1. The molecule has 2 saturated heterocycles. The van der Waals surface area contributed by atoms with E-state index < -0.39 is 6.17 Å². The maximum Gasteiger partial charge on any atom is 0.243 e. The smallest absolute Gasteiger partial charge is 0.243 e. The Kier molecular flexibility index (Phi) is 4.34. The molecule has 0 unspecified atom stereocenters. The van der Waals surface area contributed by atoms with Gasteiger partial charge in [0.1, 0.15) is 23.9 Å². The van der Waals surface area contributed by atoms with Crippen LogP contribution in [0.1, 0.15) is 19.8 Å². The van der Waals surface area contributed by atoms with Crippen molar-refractivity contribution in [3.05, 3.63) is 18.7 Å². The van der Waals surface area contributed by atoms with Crippen molar-refractivity contribution in [1.29, 1.82) is 0 Å². The lowest BCUT2D eigenvalue weighted by Crippen LogP contribution is -2.39. The molecule has 3 atom stereocenters.